The number of non-ortho nitro benzene ring substituents is 1. The summed E-state index contributed by atoms with van der Waals surface area (Å²) in [5, 5.41) is 10.9. The van der Waals surface area contributed by atoms with Gasteiger partial charge in [0.25, 0.3) is 11.6 Å². The number of nitro groups is 1. The molecular weight excluding hydrogens is 416 g/mol. The number of hydrogen-bond acceptors (Lipinski definition) is 6. The zero-order chi connectivity index (χ0) is 23.5. The number of benzene rings is 1. The normalized spacial score (nSPS) is 10.7. The third-order valence-corrected chi connectivity index (χ3v) is 5.04. The Labute approximate surface area is 187 Å². The first-order valence-electron chi connectivity index (χ1n) is 10.3. The van der Waals surface area contributed by atoms with Crippen LogP contribution in [0.15, 0.2) is 42.6 Å². The molecule has 0 saturated carbocycles. The van der Waals surface area contributed by atoms with Crippen LogP contribution in [0.2, 0.25) is 0 Å². The van der Waals surface area contributed by atoms with Crippen molar-refractivity contribution in [2.24, 2.45) is 7.05 Å². The van der Waals surface area contributed by atoms with Crippen LogP contribution in [0.1, 0.15) is 22.5 Å². The van der Waals surface area contributed by atoms with E-state index >= 15 is 0 Å². The number of ether oxygens (including phenoxy) is 2. The van der Waals surface area contributed by atoms with Crippen LogP contribution in [-0.2, 0) is 27.9 Å². The van der Waals surface area contributed by atoms with Crippen molar-refractivity contribution >= 4 is 17.5 Å². The Morgan fingerprint density at radius 3 is 2.28 bits per heavy atom. The number of amides is 2. The van der Waals surface area contributed by atoms with E-state index in [0.717, 1.165) is 5.69 Å². The Morgan fingerprint density at radius 1 is 1.03 bits per heavy atom. The Balaban J connectivity index is 2.17. The van der Waals surface area contributed by atoms with Crippen LogP contribution in [-0.4, -0.2) is 78.2 Å². The third-order valence-electron chi connectivity index (χ3n) is 5.04. The van der Waals surface area contributed by atoms with Crippen LogP contribution in [0.3, 0.4) is 0 Å². The maximum absolute atomic E-state index is 13.2. The Hall–Kier alpha value is -3.24. The number of methoxy groups -OCH3 is 2. The largest absolute Gasteiger partial charge is 0.385 e. The SMILES string of the molecule is COCCCN(CC(=O)N(CCOC)Cc1cccn1C)C(=O)c1ccc([N+](=O)[O-])cc1. The highest BCUT2D eigenvalue weighted by Crippen LogP contribution is 2.14. The van der Waals surface area contributed by atoms with Crippen molar-refractivity contribution in [3.63, 3.8) is 0 Å². The van der Waals surface area contributed by atoms with Crippen LogP contribution in [0.4, 0.5) is 5.69 Å². The topological polar surface area (TPSA) is 107 Å². The summed E-state index contributed by atoms with van der Waals surface area (Å²) in [5.41, 5.74) is 1.14. The standard InChI is InChI=1S/C22H30N4O6/c1-23-11-4-6-20(23)16-24(13-15-32-3)21(27)17-25(12-5-14-31-2)22(28)18-7-9-19(10-8-18)26(29)30/h4,6-11H,5,12-17H2,1-3H3. The van der Waals surface area contributed by atoms with Crippen molar-refractivity contribution in [3.05, 3.63) is 64.0 Å². The molecule has 0 spiro atoms. The number of carbonyl (C=O) groups excluding carboxylic acids is 2. The summed E-state index contributed by atoms with van der Waals surface area (Å²) in [4.78, 5) is 39.7. The number of nitro benzene ring substituents is 1. The minimum Gasteiger partial charge on any atom is -0.385 e. The van der Waals surface area contributed by atoms with Crippen molar-refractivity contribution in [2.75, 3.05) is 47.1 Å². The fourth-order valence-electron chi connectivity index (χ4n) is 3.17. The average Bonchev–Trinajstić information content (AvgIpc) is 3.19. The van der Waals surface area contributed by atoms with Gasteiger partial charge in [0.1, 0.15) is 6.54 Å². The van der Waals surface area contributed by atoms with Gasteiger partial charge in [-0.2, -0.15) is 0 Å². The van der Waals surface area contributed by atoms with E-state index in [1.807, 2.05) is 29.9 Å². The zero-order valence-electron chi connectivity index (χ0n) is 18.7. The summed E-state index contributed by atoms with van der Waals surface area (Å²) in [6, 6.07) is 9.21. The van der Waals surface area contributed by atoms with E-state index in [2.05, 4.69) is 0 Å². The highest BCUT2D eigenvalue weighted by atomic mass is 16.6. The number of aromatic nitrogens is 1. The molecule has 0 aliphatic rings. The molecule has 0 N–H and O–H groups in total. The van der Waals surface area contributed by atoms with E-state index in [-0.39, 0.29) is 29.6 Å². The molecule has 0 atom stereocenters. The van der Waals surface area contributed by atoms with Gasteiger partial charge in [0.2, 0.25) is 5.91 Å². The van der Waals surface area contributed by atoms with E-state index in [9.17, 15) is 19.7 Å². The van der Waals surface area contributed by atoms with Crippen LogP contribution < -0.4 is 0 Å². The average molecular weight is 447 g/mol. The summed E-state index contributed by atoms with van der Waals surface area (Å²) < 4.78 is 12.2. The molecule has 0 aliphatic heterocycles. The Bertz CT molecular complexity index is 896. The fraction of sp³-hybridized carbons (Fsp3) is 0.455. The molecule has 10 nitrogen and oxygen atoms in total. The van der Waals surface area contributed by atoms with Gasteiger partial charge in [-0.1, -0.05) is 0 Å². The minimum absolute atomic E-state index is 0.100. The highest BCUT2D eigenvalue weighted by molar-refractivity contribution is 5.96. The first kappa shape index (κ1) is 25.0. The van der Waals surface area contributed by atoms with Crippen LogP contribution in [0, 0.1) is 10.1 Å². The summed E-state index contributed by atoms with van der Waals surface area (Å²) in [7, 11) is 5.05. The van der Waals surface area contributed by atoms with E-state index in [1.165, 1.54) is 29.2 Å². The maximum Gasteiger partial charge on any atom is 0.269 e. The lowest BCUT2D eigenvalue weighted by Gasteiger charge is -2.28. The van der Waals surface area contributed by atoms with Crippen LogP contribution in [0.5, 0.6) is 0 Å². The molecule has 0 radical (unpaired) electrons. The molecule has 174 valence electrons. The molecule has 10 heteroatoms. The summed E-state index contributed by atoms with van der Waals surface area (Å²) in [6.07, 6.45) is 2.46. The van der Waals surface area contributed by atoms with Gasteiger partial charge in [-0.15, -0.1) is 0 Å². The molecule has 0 bridgehead atoms. The number of hydrogen-bond donors (Lipinski definition) is 0. The second-order valence-corrected chi connectivity index (χ2v) is 7.30. The fourth-order valence-corrected chi connectivity index (χ4v) is 3.17. The van der Waals surface area contributed by atoms with E-state index in [4.69, 9.17) is 9.47 Å². The molecule has 2 amide bonds. The molecule has 0 saturated heterocycles. The zero-order valence-corrected chi connectivity index (χ0v) is 18.7. The summed E-state index contributed by atoms with van der Waals surface area (Å²) >= 11 is 0. The lowest BCUT2D eigenvalue weighted by molar-refractivity contribution is -0.384. The molecule has 2 rings (SSSR count). The first-order valence-corrected chi connectivity index (χ1v) is 10.3. The van der Waals surface area contributed by atoms with E-state index < -0.39 is 4.92 Å². The molecule has 1 aromatic heterocycles. The van der Waals surface area contributed by atoms with Gasteiger partial charge in [-0.25, -0.2) is 0 Å². The van der Waals surface area contributed by atoms with Crippen molar-refractivity contribution in [1.29, 1.82) is 0 Å². The third kappa shape index (κ3) is 7.17. The minimum atomic E-state index is -0.522. The van der Waals surface area contributed by atoms with Crippen molar-refractivity contribution in [2.45, 2.75) is 13.0 Å². The number of carbonyl (C=O) groups is 2. The summed E-state index contributed by atoms with van der Waals surface area (Å²) in [6.45, 7) is 1.79. The molecule has 1 aromatic carbocycles. The molecule has 0 fully saturated rings. The number of nitrogens with zero attached hydrogens (tertiary/aromatic N) is 4. The first-order chi connectivity index (χ1) is 15.4. The van der Waals surface area contributed by atoms with Crippen molar-refractivity contribution < 1.29 is 24.0 Å². The molecule has 0 aliphatic carbocycles. The molecule has 2 aromatic rings. The number of aryl methyl sites for hydroxylation is 1. The smallest absolute Gasteiger partial charge is 0.269 e. The Morgan fingerprint density at radius 2 is 1.72 bits per heavy atom. The summed E-state index contributed by atoms with van der Waals surface area (Å²) in [5.74, 6) is -0.578. The molecule has 0 unspecified atom stereocenters. The van der Waals surface area contributed by atoms with Crippen molar-refractivity contribution in [3.8, 4) is 0 Å². The van der Waals surface area contributed by atoms with Gasteiger partial charge in [-0.05, 0) is 30.7 Å². The quantitative estimate of drug-likeness (QED) is 0.265. The van der Waals surface area contributed by atoms with Crippen LogP contribution in [0.25, 0.3) is 0 Å². The monoisotopic (exact) mass is 446 g/mol. The molecule has 1 heterocycles. The van der Waals surface area contributed by atoms with Gasteiger partial charge in [0.05, 0.1) is 18.1 Å². The molecular formula is C22H30N4O6. The van der Waals surface area contributed by atoms with Gasteiger partial charge in [-0.3, -0.25) is 19.7 Å². The van der Waals surface area contributed by atoms with Gasteiger partial charge in [0, 0.05) is 70.6 Å². The lowest BCUT2D eigenvalue weighted by Crippen LogP contribution is -2.44. The van der Waals surface area contributed by atoms with Gasteiger partial charge < -0.3 is 23.8 Å². The predicted octanol–water partition coefficient (Wildman–Crippen LogP) is 2.09. The van der Waals surface area contributed by atoms with Crippen LogP contribution >= 0.6 is 0 Å². The van der Waals surface area contributed by atoms with E-state index in [1.54, 1.807) is 19.1 Å². The second kappa shape index (κ2) is 12.6. The molecule has 32 heavy (non-hydrogen) atoms. The van der Waals surface area contributed by atoms with Gasteiger partial charge in [0.15, 0.2) is 0 Å². The number of rotatable bonds is 13. The van der Waals surface area contributed by atoms with Gasteiger partial charge >= 0.3 is 0 Å². The second-order valence-electron chi connectivity index (χ2n) is 7.30. The highest BCUT2D eigenvalue weighted by Gasteiger charge is 2.23. The van der Waals surface area contributed by atoms with Crippen molar-refractivity contribution in [1.82, 2.24) is 14.4 Å². The lowest BCUT2D eigenvalue weighted by atomic mass is 10.1. The maximum atomic E-state index is 13.2. The Kier molecular flexibility index (Phi) is 9.83. The predicted molar refractivity (Wildman–Crippen MR) is 118 cm³/mol. The van der Waals surface area contributed by atoms with E-state index in [0.29, 0.717) is 39.3 Å².